The smallest absolute Gasteiger partial charge is 0.323 e. The van der Waals surface area contributed by atoms with Crippen molar-refractivity contribution in [3.05, 3.63) is 91.2 Å². The van der Waals surface area contributed by atoms with E-state index in [1.54, 1.807) is 29.6 Å². The fraction of sp³-hybridized carbons (Fsp3) is 0.0952. The molecule has 4 aromatic rings. The summed E-state index contributed by atoms with van der Waals surface area (Å²) < 4.78 is 16.5. The van der Waals surface area contributed by atoms with Gasteiger partial charge >= 0.3 is 5.69 Å². The van der Waals surface area contributed by atoms with Crippen LogP contribution in [-0.4, -0.2) is 15.0 Å². The third kappa shape index (κ3) is 3.55. The summed E-state index contributed by atoms with van der Waals surface area (Å²) in [5, 5.41) is 4.68. The summed E-state index contributed by atoms with van der Waals surface area (Å²) in [6.07, 6.45) is 0. The number of aryl methyl sites for hydroxylation is 1. The minimum absolute atomic E-state index is 0.168. The summed E-state index contributed by atoms with van der Waals surface area (Å²) in [7, 11) is 0. The van der Waals surface area contributed by atoms with E-state index < -0.39 is 23.0 Å². The number of thiophene rings is 1. The van der Waals surface area contributed by atoms with Crippen LogP contribution in [0.1, 0.15) is 5.56 Å². The fourth-order valence-electron chi connectivity index (χ4n) is 3.14. The van der Waals surface area contributed by atoms with E-state index in [4.69, 9.17) is 11.6 Å². The van der Waals surface area contributed by atoms with Crippen molar-refractivity contribution in [2.45, 2.75) is 13.5 Å². The van der Waals surface area contributed by atoms with E-state index in [-0.39, 0.29) is 16.9 Å². The molecule has 9 heteroatoms. The summed E-state index contributed by atoms with van der Waals surface area (Å²) in [5.41, 5.74) is 0.0521. The van der Waals surface area contributed by atoms with Crippen molar-refractivity contribution >= 4 is 44.7 Å². The molecule has 6 nitrogen and oxygen atoms in total. The maximum Gasteiger partial charge on any atom is 0.336 e. The quantitative estimate of drug-likeness (QED) is 0.519. The Kier molecular flexibility index (Phi) is 5.27. The first-order chi connectivity index (χ1) is 14.4. The Bertz CT molecular complexity index is 1410. The molecule has 0 bridgehead atoms. The second kappa shape index (κ2) is 7.89. The van der Waals surface area contributed by atoms with Gasteiger partial charge in [-0.25, -0.2) is 13.8 Å². The molecule has 2 aromatic carbocycles. The lowest BCUT2D eigenvalue weighted by atomic mass is 10.2. The predicted octanol–water partition coefficient (Wildman–Crippen LogP) is 3.95. The second-order valence-electron chi connectivity index (χ2n) is 6.63. The number of amides is 1. The van der Waals surface area contributed by atoms with Gasteiger partial charge in [0.25, 0.3) is 5.56 Å². The Morgan fingerprint density at radius 1 is 1.17 bits per heavy atom. The van der Waals surface area contributed by atoms with Crippen LogP contribution in [0.25, 0.3) is 15.9 Å². The Labute approximate surface area is 178 Å². The average molecular weight is 444 g/mol. The molecule has 0 saturated heterocycles. The number of aromatic nitrogens is 2. The van der Waals surface area contributed by atoms with Crippen LogP contribution in [-0.2, 0) is 11.3 Å². The van der Waals surface area contributed by atoms with Crippen LogP contribution in [0.5, 0.6) is 0 Å². The van der Waals surface area contributed by atoms with Crippen molar-refractivity contribution in [2.75, 3.05) is 5.32 Å². The van der Waals surface area contributed by atoms with Crippen LogP contribution in [0.15, 0.2) is 63.5 Å². The summed E-state index contributed by atoms with van der Waals surface area (Å²) in [4.78, 5) is 38.6. The Balaban J connectivity index is 1.80. The van der Waals surface area contributed by atoms with E-state index in [0.29, 0.717) is 16.2 Å². The number of fused-ring (bicyclic) bond motifs is 1. The molecule has 0 aliphatic rings. The number of anilines is 1. The highest BCUT2D eigenvalue weighted by Crippen LogP contribution is 2.23. The van der Waals surface area contributed by atoms with Gasteiger partial charge in [-0.3, -0.25) is 14.2 Å². The predicted molar refractivity (Wildman–Crippen MR) is 116 cm³/mol. The fourth-order valence-corrected chi connectivity index (χ4v) is 4.25. The highest BCUT2D eigenvalue weighted by atomic mass is 35.5. The molecule has 0 spiro atoms. The van der Waals surface area contributed by atoms with Gasteiger partial charge in [0, 0.05) is 0 Å². The van der Waals surface area contributed by atoms with Gasteiger partial charge < -0.3 is 5.32 Å². The van der Waals surface area contributed by atoms with Crippen LogP contribution < -0.4 is 16.6 Å². The third-order valence-corrected chi connectivity index (χ3v) is 5.75. The maximum atomic E-state index is 14.3. The lowest BCUT2D eigenvalue weighted by Gasteiger charge is -2.13. The zero-order valence-electron chi connectivity index (χ0n) is 15.7. The van der Waals surface area contributed by atoms with Gasteiger partial charge in [-0.15, -0.1) is 11.3 Å². The molecule has 0 atom stereocenters. The molecule has 2 aromatic heterocycles. The number of benzene rings is 2. The summed E-state index contributed by atoms with van der Waals surface area (Å²) in [5.74, 6) is -1.22. The number of rotatable bonds is 4. The number of halogens is 2. The Morgan fingerprint density at radius 2 is 1.93 bits per heavy atom. The van der Waals surface area contributed by atoms with Gasteiger partial charge in [-0.05, 0) is 48.2 Å². The number of hydrogen-bond donors (Lipinski definition) is 1. The van der Waals surface area contributed by atoms with Gasteiger partial charge in [-0.1, -0.05) is 29.8 Å². The molecule has 1 N–H and O–H groups in total. The SMILES string of the molecule is Cc1ccc(NC(=O)Cn2c(=O)n(-c3ccccc3F)c(=O)c3sccc32)c(Cl)c1. The van der Waals surface area contributed by atoms with E-state index in [0.717, 1.165) is 32.1 Å². The van der Waals surface area contributed by atoms with Crippen molar-refractivity contribution in [1.82, 2.24) is 9.13 Å². The Hall–Kier alpha value is -3.23. The summed E-state index contributed by atoms with van der Waals surface area (Å²) >= 11 is 7.28. The number of hydrogen-bond acceptors (Lipinski definition) is 4. The molecule has 30 heavy (non-hydrogen) atoms. The highest BCUT2D eigenvalue weighted by Gasteiger charge is 2.19. The highest BCUT2D eigenvalue weighted by molar-refractivity contribution is 7.17. The molecule has 4 rings (SSSR count). The monoisotopic (exact) mass is 443 g/mol. The van der Waals surface area contributed by atoms with Crippen LogP contribution in [0.2, 0.25) is 5.02 Å². The van der Waals surface area contributed by atoms with Crippen LogP contribution in [0.4, 0.5) is 10.1 Å². The molecule has 0 aliphatic carbocycles. The minimum atomic E-state index is -0.804. The summed E-state index contributed by atoms with van der Waals surface area (Å²) in [6, 6.07) is 12.2. The average Bonchev–Trinajstić information content (AvgIpc) is 3.19. The van der Waals surface area contributed by atoms with Crippen LogP contribution in [0, 0.1) is 12.7 Å². The molecule has 0 aliphatic heterocycles. The molecule has 2 heterocycles. The first-order valence-electron chi connectivity index (χ1n) is 8.91. The molecule has 0 fully saturated rings. The second-order valence-corrected chi connectivity index (χ2v) is 7.95. The van der Waals surface area contributed by atoms with E-state index in [9.17, 15) is 18.8 Å². The van der Waals surface area contributed by atoms with Crippen molar-refractivity contribution in [1.29, 1.82) is 0 Å². The van der Waals surface area contributed by atoms with Crippen molar-refractivity contribution < 1.29 is 9.18 Å². The number of nitrogens with one attached hydrogen (secondary N) is 1. The number of carbonyl (C=O) groups is 1. The van der Waals surface area contributed by atoms with Crippen molar-refractivity contribution in [2.24, 2.45) is 0 Å². The maximum absolute atomic E-state index is 14.3. The molecular formula is C21H15ClFN3O3S. The lowest BCUT2D eigenvalue weighted by molar-refractivity contribution is -0.116. The zero-order chi connectivity index (χ0) is 21.4. The van der Waals surface area contributed by atoms with Crippen molar-refractivity contribution in [3.8, 4) is 5.69 Å². The molecule has 152 valence electrons. The van der Waals surface area contributed by atoms with E-state index in [1.165, 1.54) is 18.2 Å². The molecule has 0 radical (unpaired) electrons. The van der Waals surface area contributed by atoms with Crippen molar-refractivity contribution in [3.63, 3.8) is 0 Å². The largest absolute Gasteiger partial charge is 0.336 e. The van der Waals surface area contributed by atoms with E-state index in [1.807, 2.05) is 6.92 Å². The molecular weight excluding hydrogens is 429 g/mol. The third-order valence-electron chi connectivity index (χ3n) is 4.55. The normalized spacial score (nSPS) is 11.0. The standard InChI is InChI=1S/C21H15ClFN3O3S/c1-12-6-7-15(13(22)10-12)24-18(27)11-25-17-8-9-30-19(17)20(28)26(21(25)29)16-5-3-2-4-14(16)23/h2-10H,11H2,1H3,(H,24,27). The van der Waals surface area contributed by atoms with Gasteiger partial charge in [0.1, 0.15) is 17.1 Å². The summed E-state index contributed by atoms with van der Waals surface area (Å²) in [6.45, 7) is 1.50. The first-order valence-corrected chi connectivity index (χ1v) is 10.2. The van der Waals surface area contributed by atoms with E-state index in [2.05, 4.69) is 5.32 Å². The Morgan fingerprint density at radius 3 is 2.67 bits per heavy atom. The van der Waals surface area contributed by atoms with Gasteiger partial charge in [-0.2, -0.15) is 0 Å². The minimum Gasteiger partial charge on any atom is -0.323 e. The number of nitrogens with zero attached hydrogens (tertiary/aromatic N) is 2. The van der Waals surface area contributed by atoms with E-state index >= 15 is 0 Å². The van der Waals surface area contributed by atoms with Gasteiger partial charge in [0.15, 0.2) is 0 Å². The van der Waals surface area contributed by atoms with Crippen LogP contribution in [0.3, 0.4) is 0 Å². The van der Waals surface area contributed by atoms with Crippen LogP contribution >= 0.6 is 22.9 Å². The lowest BCUT2D eigenvalue weighted by Crippen LogP contribution is -2.40. The molecule has 0 saturated carbocycles. The topological polar surface area (TPSA) is 73.1 Å². The number of para-hydroxylation sites is 1. The number of carbonyl (C=O) groups excluding carboxylic acids is 1. The molecule has 0 unspecified atom stereocenters. The zero-order valence-corrected chi connectivity index (χ0v) is 17.3. The van der Waals surface area contributed by atoms with Gasteiger partial charge in [0.05, 0.1) is 21.9 Å². The first kappa shape index (κ1) is 20.1. The molecule has 1 amide bonds. The van der Waals surface area contributed by atoms with Gasteiger partial charge in [0.2, 0.25) is 5.91 Å².